The Morgan fingerprint density at radius 2 is 2.20 bits per heavy atom. The van der Waals surface area contributed by atoms with Crippen LogP contribution in [0.5, 0.6) is 0 Å². The molecule has 0 amide bonds. The van der Waals surface area contributed by atoms with Crippen LogP contribution in [-0.4, -0.2) is 9.55 Å². The molecule has 0 atom stereocenters. The van der Waals surface area contributed by atoms with E-state index in [2.05, 4.69) is 11.9 Å². The molecule has 0 spiro atoms. The van der Waals surface area contributed by atoms with Gasteiger partial charge in [-0.2, -0.15) is 0 Å². The van der Waals surface area contributed by atoms with Gasteiger partial charge in [-0.3, -0.25) is 9.36 Å². The summed E-state index contributed by atoms with van der Waals surface area (Å²) in [6.45, 7) is 6.83. The van der Waals surface area contributed by atoms with Crippen LogP contribution in [0.2, 0.25) is 0 Å². The highest BCUT2D eigenvalue weighted by Gasteiger charge is 2.11. The molecule has 2 rings (SSSR count). The van der Waals surface area contributed by atoms with Crippen molar-refractivity contribution in [2.75, 3.05) is 0 Å². The number of thiophene rings is 1. The number of aromatic nitrogens is 2. The number of hydrogen-bond donors (Lipinski definition) is 0. The molecule has 0 bridgehead atoms. The Labute approximate surface area is 92.4 Å². The maximum atomic E-state index is 12.1. The predicted molar refractivity (Wildman–Crippen MR) is 63.6 cm³/mol. The highest BCUT2D eigenvalue weighted by Crippen LogP contribution is 2.25. The number of fused-ring (bicyclic) bond motifs is 1. The van der Waals surface area contributed by atoms with Crippen LogP contribution in [0, 0.1) is 13.8 Å². The topological polar surface area (TPSA) is 34.9 Å². The molecule has 80 valence electrons. The Morgan fingerprint density at radius 1 is 1.47 bits per heavy atom. The van der Waals surface area contributed by atoms with Gasteiger partial charge in [0, 0.05) is 11.4 Å². The number of rotatable bonds is 2. The van der Waals surface area contributed by atoms with E-state index in [1.54, 1.807) is 22.2 Å². The summed E-state index contributed by atoms with van der Waals surface area (Å²) < 4.78 is 1.70. The number of nitrogens with zero attached hydrogens (tertiary/aromatic N) is 2. The molecule has 0 aliphatic heterocycles. The van der Waals surface area contributed by atoms with Crippen LogP contribution >= 0.6 is 11.3 Å². The Morgan fingerprint density at radius 3 is 2.87 bits per heavy atom. The highest BCUT2D eigenvalue weighted by atomic mass is 32.1. The first-order valence-corrected chi connectivity index (χ1v) is 5.92. The van der Waals surface area contributed by atoms with Gasteiger partial charge in [-0.15, -0.1) is 11.3 Å². The van der Waals surface area contributed by atoms with E-state index >= 15 is 0 Å². The van der Waals surface area contributed by atoms with Crippen molar-refractivity contribution in [1.29, 1.82) is 0 Å². The minimum absolute atomic E-state index is 0.101. The SMILES string of the molecule is CCCn1cnc2sc(C)c(C)c2c1=O. The molecule has 0 N–H and O–H groups in total. The second-order valence-corrected chi connectivity index (χ2v) is 4.91. The van der Waals surface area contributed by atoms with Crippen molar-refractivity contribution in [3.8, 4) is 0 Å². The summed E-state index contributed by atoms with van der Waals surface area (Å²) in [6, 6.07) is 0. The molecule has 0 saturated heterocycles. The monoisotopic (exact) mass is 222 g/mol. The van der Waals surface area contributed by atoms with E-state index in [1.807, 2.05) is 13.8 Å². The van der Waals surface area contributed by atoms with Gasteiger partial charge in [-0.25, -0.2) is 4.98 Å². The predicted octanol–water partition coefficient (Wildman–Crippen LogP) is 2.48. The molecule has 2 heterocycles. The van der Waals surface area contributed by atoms with Crippen molar-refractivity contribution in [2.45, 2.75) is 33.7 Å². The Hall–Kier alpha value is -1.16. The summed E-state index contributed by atoms with van der Waals surface area (Å²) in [4.78, 5) is 18.5. The van der Waals surface area contributed by atoms with Crippen molar-refractivity contribution in [3.05, 3.63) is 27.1 Å². The number of hydrogen-bond acceptors (Lipinski definition) is 3. The van der Waals surface area contributed by atoms with Gasteiger partial charge in [0.1, 0.15) is 4.83 Å². The summed E-state index contributed by atoms with van der Waals surface area (Å²) >= 11 is 1.60. The van der Waals surface area contributed by atoms with E-state index in [0.717, 1.165) is 28.7 Å². The molecule has 15 heavy (non-hydrogen) atoms. The molecule has 2 aromatic heterocycles. The summed E-state index contributed by atoms with van der Waals surface area (Å²) in [6.07, 6.45) is 2.61. The summed E-state index contributed by atoms with van der Waals surface area (Å²) in [7, 11) is 0. The lowest BCUT2D eigenvalue weighted by molar-refractivity contribution is 0.648. The van der Waals surface area contributed by atoms with E-state index < -0.39 is 0 Å². The average Bonchev–Trinajstić information content (AvgIpc) is 2.49. The van der Waals surface area contributed by atoms with Crippen LogP contribution < -0.4 is 5.56 Å². The van der Waals surface area contributed by atoms with Gasteiger partial charge >= 0.3 is 0 Å². The first kappa shape index (κ1) is 10.4. The van der Waals surface area contributed by atoms with E-state index in [9.17, 15) is 4.79 Å². The van der Waals surface area contributed by atoms with Crippen molar-refractivity contribution in [3.63, 3.8) is 0 Å². The van der Waals surface area contributed by atoms with Crippen molar-refractivity contribution >= 4 is 21.6 Å². The van der Waals surface area contributed by atoms with Gasteiger partial charge < -0.3 is 0 Å². The molecular formula is C11H14N2OS. The van der Waals surface area contributed by atoms with Crippen LogP contribution in [0.15, 0.2) is 11.1 Å². The van der Waals surface area contributed by atoms with Crippen molar-refractivity contribution in [1.82, 2.24) is 9.55 Å². The van der Waals surface area contributed by atoms with Crippen LogP contribution in [0.3, 0.4) is 0 Å². The zero-order valence-corrected chi connectivity index (χ0v) is 10.0. The maximum Gasteiger partial charge on any atom is 0.262 e. The fraction of sp³-hybridized carbons (Fsp3) is 0.455. The minimum atomic E-state index is 0.101. The van der Waals surface area contributed by atoms with Gasteiger partial charge in [0.15, 0.2) is 0 Å². The van der Waals surface area contributed by atoms with Crippen molar-refractivity contribution in [2.24, 2.45) is 0 Å². The largest absolute Gasteiger partial charge is 0.299 e. The normalized spacial score (nSPS) is 11.1. The lowest BCUT2D eigenvalue weighted by Gasteiger charge is -2.02. The Balaban J connectivity index is 2.77. The molecule has 0 aromatic carbocycles. The van der Waals surface area contributed by atoms with Crippen molar-refractivity contribution < 1.29 is 0 Å². The molecule has 0 saturated carbocycles. The molecular weight excluding hydrogens is 208 g/mol. The first-order valence-electron chi connectivity index (χ1n) is 5.10. The molecule has 2 aromatic rings. The lowest BCUT2D eigenvalue weighted by atomic mass is 10.2. The minimum Gasteiger partial charge on any atom is -0.299 e. The fourth-order valence-corrected chi connectivity index (χ4v) is 2.66. The van der Waals surface area contributed by atoms with Crippen LogP contribution in [0.1, 0.15) is 23.8 Å². The Bertz CT molecular complexity index is 553. The third-order valence-electron chi connectivity index (χ3n) is 2.62. The molecule has 0 unspecified atom stereocenters. The second kappa shape index (κ2) is 3.77. The Kier molecular flexibility index (Phi) is 2.61. The quantitative estimate of drug-likeness (QED) is 0.782. The molecule has 3 nitrogen and oxygen atoms in total. The average molecular weight is 222 g/mol. The molecule has 0 radical (unpaired) electrons. The molecule has 0 aliphatic carbocycles. The third-order valence-corrected chi connectivity index (χ3v) is 3.74. The summed E-state index contributed by atoms with van der Waals surface area (Å²) in [5, 5.41) is 0.799. The molecule has 0 fully saturated rings. The van der Waals surface area contributed by atoms with Crippen LogP contribution in [0.25, 0.3) is 10.2 Å². The van der Waals surface area contributed by atoms with E-state index in [4.69, 9.17) is 0 Å². The van der Waals surface area contributed by atoms with Gasteiger partial charge in [0.2, 0.25) is 0 Å². The van der Waals surface area contributed by atoms with E-state index in [1.165, 1.54) is 4.88 Å². The van der Waals surface area contributed by atoms with E-state index in [0.29, 0.717) is 0 Å². The maximum absolute atomic E-state index is 12.1. The fourth-order valence-electron chi connectivity index (χ4n) is 1.67. The highest BCUT2D eigenvalue weighted by molar-refractivity contribution is 7.18. The summed E-state index contributed by atoms with van der Waals surface area (Å²) in [5.74, 6) is 0. The number of aryl methyl sites for hydroxylation is 3. The zero-order valence-electron chi connectivity index (χ0n) is 9.20. The van der Waals surface area contributed by atoms with Gasteiger partial charge in [0.05, 0.1) is 11.7 Å². The van der Waals surface area contributed by atoms with E-state index in [-0.39, 0.29) is 5.56 Å². The standard InChI is InChI=1S/C11H14N2OS/c1-4-5-13-6-12-10-9(11(13)14)7(2)8(3)15-10/h6H,4-5H2,1-3H3. The van der Waals surface area contributed by atoms with Gasteiger partial charge in [-0.05, 0) is 25.8 Å². The zero-order chi connectivity index (χ0) is 11.0. The van der Waals surface area contributed by atoms with Gasteiger partial charge in [-0.1, -0.05) is 6.92 Å². The smallest absolute Gasteiger partial charge is 0.262 e. The molecule has 0 aliphatic rings. The second-order valence-electron chi connectivity index (χ2n) is 3.71. The molecule has 4 heteroatoms. The first-order chi connectivity index (χ1) is 7.15. The lowest BCUT2D eigenvalue weighted by Crippen LogP contribution is -2.20. The third kappa shape index (κ3) is 1.59. The van der Waals surface area contributed by atoms with Gasteiger partial charge in [0.25, 0.3) is 5.56 Å². The summed E-state index contributed by atoms with van der Waals surface area (Å²) in [5.41, 5.74) is 1.18. The van der Waals surface area contributed by atoms with Crippen LogP contribution in [-0.2, 0) is 6.54 Å². The van der Waals surface area contributed by atoms with Crippen LogP contribution in [0.4, 0.5) is 0 Å².